The molecule has 1 aromatic carbocycles. The van der Waals surface area contributed by atoms with Crippen LogP contribution in [0.15, 0.2) is 18.2 Å². The van der Waals surface area contributed by atoms with Crippen LogP contribution < -0.4 is 10.1 Å². The topological polar surface area (TPSA) is 45.0 Å². The first-order chi connectivity index (χ1) is 7.69. The zero-order chi connectivity index (χ0) is 12.0. The number of benzene rings is 1. The van der Waals surface area contributed by atoms with Crippen molar-refractivity contribution in [2.75, 3.05) is 13.2 Å². The monoisotopic (exact) mass is 218 g/mol. The Balaban J connectivity index is 2.93. The summed E-state index contributed by atoms with van der Waals surface area (Å²) in [6, 6.07) is 8.31. The van der Waals surface area contributed by atoms with Crippen LogP contribution in [0.4, 0.5) is 0 Å². The van der Waals surface area contributed by atoms with Crippen molar-refractivity contribution in [3.63, 3.8) is 0 Å². The summed E-state index contributed by atoms with van der Waals surface area (Å²) in [5.74, 6) is 0.801. The standard InChI is InChI=1S/C13H18N2O/c1-4-15-11(3)12-6-5-10(2)9-13(12)16-8-7-14/h5-6,9,11,15H,4,8H2,1-3H3. The quantitative estimate of drug-likeness (QED) is 0.826. The van der Waals surface area contributed by atoms with Gasteiger partial charge < -0.3 is 10.1 Å². The Labute approximate surface area is 97.0 Å². The van der Waals surface area contributed by atoms with E-state index < -0.39 is 0 Å². The molecule has 1 aromatic rings. The van der Waals surface area contributed by atoms with E-state index in [4.69, 9.17) is 10.00 Å². The van der Waals surface area contributed by atoms with Crippen LogP contribution in [0.25, 0.3) is 0 Å². The zero-order valence-electron chi connectivity index (χ0n) is 10.1. The lowest BCUT2D eigenvalue weighted by Gasteiger charge is -2.17. The van der Waals surface area contributed by atoms with E-state index in [2.05, 4.69) is 31.3 Å². The van der Waals surface area contributed by atoms with E-state index in [1.807, 2.05) is 19.1 Å². The Morgan fingerprint density at radius 2 is 2.25 bits per heavy atom. The third-order valence-electron chi connectivity index (χ3n) is 2.44. The van der Waals surface area contributed by atoms with Crippen LogP contribution in [0.5, 0.6) is 5.75 Å². The van der Waals surface area contributed by atoms with Gasteiger partial charge in [0, 0.05) is 11.6 Å². The summed E-state index contributed by atoms with van der Waals surface area (Å²) >= 11 is 0. The maximum absolute atomic E-state index is 8.54. The predicted octanol–water partition coefficient (Wildman–Crippen LogP) is 2.57. The summed E-state index contributed by atoms with van der Waals surface area (Å²) in [6.07, 6.45) is 0. The van der Waals surface area contributed by atoms with Crippen molar-refractivity contribution in [2.24, 2.45) is 0 Å². The van der Waals surface area contributed by atoms with Gasteiger partial charge in [0.15, 0.2) is 6.61 Å². The van der Waals surface area contributed by atoms with Crippen LogP contribution >= 0.6 is 0 Å². The molecule has 3 heteroatoms. The summed E-state index contributed by atoms with van der Waals surface area (Å²) in [6.45, 7) is 7.18. The Morgan fingerprint density at radius 3 is 2.88 bits per heavy atom. The number of hydrogen-bond acceptors (Lipinski definition) is 3. The van der Waals surface area contributed by atoms with Gasteiger partial charge in [-0.1, -0.05) is 19.1 Å². The molecular formula is C13H18N2O. The summed E-state index contributed by atoms with van der Waals surface area (Å²) < 4.78 is 5.43. The maximum atomic E-state index is 8.54. The first kappa shape index (κ1) is 12.5. The molecule has 16 heavy (non-hydrogen) atoms. The van der Waals surface area contributed by atoms with E-state index >= 15 is 0 Å². The normalized spacial score (nSPS) is 11.9. The molecule has 0 aliphatic carbocycles. The highest BCUT2D eigenvalue weighted by Gasteiger charge is 2.10. The van der Waals surface area contributed by atoms with Gasteiger partial charge in [-0.3, -0.25) is 0 Å². The van der Waals surface area contributed by atoms with Crippen molar-refractivity contribution >= 4 is 0 Å². The van der Waals surface area contributed by atoms with Gasteiger partial charge in [-0.25, -0.2) is 0 Å². The molecule has 0 spiro atoms. The van der Waals surface area contributed by atoms with E-state index in [-0.39, 0.29) is 12.6 Å². The number of nitrogens with one attached hydrogen (secondary N) is 1. The molecule has 0 aromatic heterocycles. The molecule has 0 heterocycles. The molecule has 0 saturated carbocycles. The summed E-state index contributed by atoms with van der Waals surface area (Å²) in [7, 11) is 0. The van der Waals surface area contributed by atoms with Gasteiger partial charge in [0.05, 0.1) is 0 Å². The summed E-state index contributed by atoms with van der Waals surface area (Å²) in [5, 5.41) is 11.9. The van der Waals surface area contributed by atoms with Crippen LogP contribution in [-0.2, 0) is 0 Å². The van der Waals surface area contributed by atoms with Crippen LogP contribution in [0.1, 0.15) is 31.0 Å². The Morgan fingerprint density at radius 1 is 1.50 bits per heavy atom. The maximum Gasteiger partial charge on any atom is 0.174 e. The van der Waals surface area contributed by atoms with E-state index in [0.29, 0.717) is 0 Å². The van der Waals surface area contributed by atoms with E-state index in [1.165, 1.54) is 0 Å². The third-order valence-corrected chi connectivity index (χ3v) is 2.44. The summed E-state index contributed by atoms with van der Waals surface area (Å²) in [4.78, 5) is 0. The van der Waals surface area contributed by atoms with Gasteiger partial charge in [0.1, 0.15) is 11.8 Å². The molecule has 0 aliphatic rings. The second kappa shape index (κ2) is 6.14. The van der Waals surface area contributed by atoms with Crippen LogP contribution in [0.2, 0.25) is 0 Å². The molecule has 0 fully saturated rings. The van der Waals surface area contributed by atoms with E-state index in [0.717, 1.165) is 23.4 Å². The number of ether oxygens (including phenoxy) is 1. The van der Waals surface area contributed by atoms with E-state index in [9.17, 15) is 0 Å². The molecule has 0 saturated heterocycles. The fourth-order valence-corrected chi connectivity index (χ4v) is 1.65. The minimum absolute atomic E-state index is 0.0926. The number of rotatable bonds is 5. The second-order valence-electron chi connectivity index (χ2n) is 3.77. The highest BCUT2D eigenvalue weighted by molar-refractivity contribution is 5.39. The van der Waals surface area contributed by atoms with Crippen molar-refractivity contribution in [2.45, 2.75) is 26.8 Å². The van der Waals surface area contributed by atoms with Crippen LogP contribution in [0, 0.1) is 18.3 Å². The number of aryl methyl sites for hydroxylation is 1. The first-order valence-electron chi connectivity index (χ1n) is 5.52. The van der Waals surface area contributed by atoms with Crippen molar-refractivity contribution in [1.82, 2.24) is 5.32 Å². The zero-order valence-corrected chi connectivity index (χ0v) is 10.1. The second-order valence-corrected chi connectivity index (χ2v) is 3.77. The average molecular weight is 218 g/mol. The van der Waals surface area contributed by atoms with Crippen molar-refractivity contribution < 1.29 is 4.74 Å². The lowest BCUT2D eigenvalue weighted by Crippen LogP contribution is -2.18. The van der Waals surface area contributed by atoms with Crippen LogP contribution in [0.3, 0.4) is 0 Å². The Bertz CT molecular complexity index is 382. The molecule has 0 bridgehead atoms. The molecule has 1 unspecified atom stereocenters. The van der Waals surface area contributed by atoms with Gasteiger partial charge >= 0.3 is 0 Å². The molecule has 1 atom stereocenters. The van der Waals surface area contributed by atoms with Gasteiger partial charge in [0.25, 0.3) is 0 Å². The van der Waals surface area contributed by atoms with Crippen molar-refractivity contribution in [3.05, 3.63) is 29.3 Å². The smallest absolute Gasteiger partial charge is 0.174 e. The van der Waals surface area contributed by atoms with Crippen molar-refractivity contribution in [1.29, 1.82) is 5.26 Å². The molecule has 3 nitrogen and oxygen atoms in total. The van der Waals surface area contributed by atoms with Gasteiger partial charge in [-0.2, -0.15) is 5.26 Å². The number of nitrogens with zero attached hydrogens (tertiary/aromatic N) is 1. The first-order valence-corrected chi connectivity index (χ1v) is 5.52. The predicted molar refractivity (Wildman–Crippen MR) is 64.4 cm³/mol. The molecule has 0 aliphatic heterocycles. The molecular weight excluding hydrogens is 200 g/mol. The fraction of sp³-hybridized carbons (Fsp3) is 0.462. The lowest BCUT2D eigenvalue weighted by molar-refractivity contribution is 0.359. The SMILES string of the molecule is CCNC(C)c1ccc(C)cc1OCC#N. The van der Waals surface area contributed by atoms with Gasteiger partial charge in [-0.05, 0) is 32.0 Å². The van der Waals surface area contributed by atoms with Crippen LogP contribution in [-0.4, -0.2) is 13.2 Å². The Kier molecular flexibility index (Phi) is 4.81. The van der Waals surface area contributed by atoms with E-state index in [1.54, 1.807) is 0 Å². The molecule has 86 valence electrons. The molecule has 1 rings (SSSR count). The van der Waals surface area contributed by atoms with Crippen molar-refractivity contribution in [3.8, 4) is 11.8 Å². The largest absolute Gasteiger partial charge is 0.478 e. The third kappa shape index (κ3) is 3.25. The average Bonchev–Trinajstić information content (AvgIpc) is 2.26. The summed E-state index contributed by atoms with van der Waals surface area (Å²) in [5.41, 5.74) is 2.24. The molecule has 0 amide bonds. The van der Waals surface area contributed by atoms with Gasteiger partial charge in [0.2, 0.25) is 0 Å². The lowest BCUT2D eigenvalue weighted by atomic mass is 10.0. The molecule has 0 radical (unpaired) electrons. The fourth-order valence-electron chi connectivity index (χ4n) is 1.65. The highest BCUT2D eigenvalue weighted by atomic mass is 16.5. The molecule has 1 N–H and O–H groups in total. The minimum Gasteiger partial charge on any atom is -0.478 e. The minimum atomic E-state index is 0.0926. The highest BCUT2D eigenvalue weighted by Crippen LogP contribution is 2.26. The number of nitriles is 1. The number of hydrogen-bond donors (Lipinski definition) is 1. The van der Waals surface area contributed by atoms with Gasteiger partial charge in [-0.15, -0.1) is 0 Å². The Hall–Kier alpha value is -1.53.